The fraction of sp³-hybridized carbons (Fsp3) is 0.600. The van der Waals surface area contributed by atoms with Gasteiger partial charge in [0.1, 0.15) is 6.61 Å². The summed E-state index contributed by atoms with van der Waals surface area (Å²) >= 11 is 5.68. The van der Waals surface area contributed by atoms with Crippen molar-refractivity contribution in [3.63, 3.8) is 0 Å². The molecule has 0 saturated heterocycles. The topological polar surface area (TPSA) is 38.2 Å². The molecule has 0 amide bonds. The molecule has 2 rings (SSSR count). The number of ether oxygens (including phenoxy) is 1. The van der Waals surface area contributed by atoms with Gasteiger partial charge in [0.15, 0.2) is 5.15 Å². The van der Waals surface area contributed by atoms with Gasteiger partial charge in [-0.15, -0.1) is 0 Å². The third-order valence-electron chi connectivity index (χ3n) is 2.45. The van der Waals surface area contributed by atoms with E-state index in [9.17, 15) is 0 Å². The van der Waals surface area contributed by atoms with Crippen LogP contribution >= 0.6 is 11.6 Å². The van der Waals surface area contributed by atoms with Gasteiger partial charge >= 0.3 is 0 Å². The molecule has 15 heavy (non-hydrogen) atoms. The van der Waals surface area contributed by atoms with Crippen molar-refractivity contribution in [3.05, 3.63) is 17.5 Å². The summed E-state index contributed by atoms with van der Waals surface area (Å²) in [5, 5.41) is 0.364. The van der Waals surface area contributed by atoms with Crippen molar-refractivity contribution in [3.8, 4) is 5.88 Å². The molecule has 82 valence electrons. The zero-order chi connectivity index (χ0) is 10.7. The van der Waals surface area contributed by atoms with Crippen molar-refractivity contribution in [1.82, 2.24) is 14.9 Å². The zero-order valence-electron chi connectivity index (χ0n) is 8.69. The summed E-state index contributed by atoms with van der Waals surface area (Å²) in [4.78, 5) is 10.2. The highest BCUT2D eigenvalue weighted by atomic mass is 35.5. The minimum absolute atomic E-state index is 0.364. The molecular weight excluding hydrogens is 214 g/mol. The van der Waals surface area contributed by atoms with Gasteiger partial charge in [0, 0.05) is 12.6 Å². The van der Waals surface area contributed by atoms with E-state index in [0.717, 1.165) is 12.6 Å². The van der Waals surface area contributed by atoms with Crippen LogP contribution in [0.15, 0.2) is 12.4 Å². The van der Waals surface area contributed by atoms with E-state index in [4.69, 9.17) is 16.3 Å². The van der Waals surface area contributed by atoms with Crippen LogP contribution in [0.5, 0.6) is 5.88 Å². The molecule has 1 fully saturated rings. The van der Waals surface area contributed by atoms with Gasteiger partial charge in [0.05, 0.1) is 12.4 Å². The molecule has 0 bridgehead atoms. The standard InChI is InChI=1S/C10H14ClN3O/c1-14(8-2-3-8)4-5-15-10-7-12-6-9(11)13-10/h6-8H,2-5H2,1H3. The molecule has 1 aliphatic carbocycles. The third-order valence-corrected chi connectivity index (χ3v) is 2.63. The maximum absolute atomic E-state index is 5.68. The summed E-state index contributed by atoms with van der Waals surface area (Å²) in [5.41, 5.74) is 0. The Kier molecular flexibility index (Phi) is 3.38. The summed E-state index contributed by atoms with van der Waals surface area (Å²) in [5.74, 6) is 0.492. The molecule has 0 radical (unpaired) electrons. The van der Waals surface area contributed by atoms with Gasteiger partial charge < -0.3 is 9.64 Å². The summed E-state index contributed by atoms with van der Waals surface area (Å²) in [7, 11) is 2.12. The van der Waals surface area contributed by atoms with Crippen LogP contribution in [0.25, 0.3) is 0 Å². The Labute approximate surface area is 94.2 Å². The zero-order valence-corrected chi connectivity index (χ0v) is 9.44. The highest BCUT2D eigenvalue weighted by molar-refractivity contribution is 6.29. The van der Waals surface area contributed by atoms with Gasteiger partial charge in [-0.1, -0.05) is 11.6 Å². The van der Waals surface area contributed by atoms with E-state index in [1.165, 1.54) is 19.0 Å². The summed E-state index contributed by atoms with van der Waals surface area (Å²) in [6, 6.07) is 0.763. The second-order valence-electron chi connectivity index (χ2n) is 3.74. The quantitative estimate of drug-likeness (QED) is 0.766. The number of rotatable bonds is 5. The fourth-order valence-corrected chi connectivity index (χ4v) is 1.53. The Bertz CT molecular complexity index is 330. The fourth-order valence-electron chi connectivity index (χ4n) is 1.39. The van der Waals surface area contributed by atoms with Gasteiger partial charge in [0.25, 0.3) is 0 Å². The first-order valence-corrected chi connectivity index (χ1v) is 5.44. The van der Waals surface area contributed by atoms with Crippen LogP contribution in [-0.2, 0) is 0 Å². The van der Waals surface area contributed by atoms with Crippen LogP contribution in [0, 0.1) is 0 Å². The SMILES string of the molecule is CN(CCOc1cncc(Cl)n1)C1CC1. The Balaban J connectivity index is 1.73. The predicted octanol–water partition coefficient (Wildman–Crippen LogP) is 1.60. The number of hydrogen-bond acceptors (Lipinski definition) is 4. The lowest BCUT2D eigenvalue weighted by Gasteiger charge is -2.15. The van der Waals surface area contributed by atoms with Crippen molar-refractivity contribution in [2.45, 2.75) is 18.9 Å². The van der Waals surface area contributed by atoms with Crippen molar-refractivity contribution >= 4 is 11.6 Å². The normalized spacial score (nSPS) is 15.7. The van der Waals surface area contributed by atoms with Crippen LogP contribution in [0.4, 0.5) is 0 Å². The molecule has 0 spiro atoms. The molecule has 0 aliphatic heterocycles. The smallest absolute Gasteiger partial charge is 0.233 e. The molecule has 5 heteroatoms. The number of nitrogens with zero attached hydrogens (tertiary/aromatic N) is 3. The maximum atomic E-state index is 5.68. The molecular formula is C10H14ClN3O. The molecule has 4 nitrogen and oxygen atoms in total. The summed E-state index contributed by atoms with van der Waals surface area (Å²) < 4.78 is 5.44. The van der Waals surface area contributed by atoms with E-state index >= 15 is 0 Å². The molecule has 0 aromatic carbocycles. The van der Waals surface area contributed by atoms with Crippen LogP contribution in [0.1, 0.15) is 12.8 Å². The van der Waals surface area contributed by atoms with E-state index < -0.39 is 0 Å². The van der Waals surface area contributed by atoms with Gasteiger partial charge in [-0.25, -0.2) is 0 Å². The second kappa shape index (κ2) is 4.77. The van der Waals surface area contributed by atoms with E-state index in [-0.39, 0.29) is 0 Å². The number of halogens is 1. The lowest BCUT2D eigenvalue weighted by molar-refractivity contribution is 0.226. The molecule has 0 atom stereocenters. The highest BCUT2D eigenvalue weighted by Gasteiger charge is 2.25. The second-order valence-corrected chi connectivity index (χ2v) is 4.13. The van der Waals surface area contributed by atoms with Crippen molar-refractivity contribution in [2.24, 2.45) is 0 Å². The average Bonchev–Trinajstić information content (AvgIpc) is 3.00. The molecule has 0 N–H and O–H groups in total. The monoisotopic (exact) mass is 227 g/mol. The van der Waals surface area contributed by atoms with Crippen LogP contribution in [0.3, 0.4) is 0 Å². The van der Waals surface area contributed by atoms with Crippen LogP contribution in [-0.4, -0.2) is 41.1 Å². The van der Waals surface area contributed by atoms with Crippen molar-refractivity contribution < 1.29 is 4.74 Å². The first kappa shape index (κ1) is 10.6. The molecule has 1 saturated carbocycles. The minimum Gasteiger partial charge on any atom is -0.475 e. The maximum Gasteiger partial charge on any atom is 0.233 e. The van der Waals surface area contributed by atoms with Gasteiger partial charge in [0.2, 0.25) is 5.88 Å². The minimum atomic E-state index is 0.364. The van der Waals surface area contributed by atoms with Crippen LogP contribution < -0.4 is 4.74 Å². The lowest BCUT2D eigenvalue weighted by atomic mass is 10.5. The third kappa shape index (κ3) is 3.32. The Morgan fingerprint density at radius 3 is 3.00 bits per heavy atom. The predicted molar refractivity (Wildman–Crippen MR) is 58.2 cm³/mol. The first-order chi connectivity index (χ1) is 7.25. The lowest BCUT2D eigenvalue weighted by Crippen LogP contribution is -2.26. The molecule has 1 aliphatic rings. The van der Waals surface area contributed by atoms with E-state index in [0.29, 0.717) is 17.6 Å². The molecule has 1 heterocycles. The summed E-state index contributed by atoms with van der Waals surface area (Å²) in [6.45, 7) is 1.54. The molecule has 1 aromatic rings. The van der Waals surface area contributed by atoms with E-state index in [1.807, 2.05) is 0 Å². The first-order valence-electron chi connectivity index (χ1n) is 5.06. The average molecular weight is 228 g/mol. The highest BCUT2D eigenvalue weighted by Crippen LogP contribution is 2.24. The van der Waals surface area contributed by atoms with Gasteiger partial charge in [-0.3, -0.25) is 4.98 Å². The van der Waals surface area contributed by atoms with Crippen molar-refractivity contribution in [2.75, 3.05) is 20.2 Å². The van der Waals surface area contributed by atoms with Gasteiger partial charge in [-0.2, -0.15) is 4.98 Å². The molecule has 1 aromatic heterocycles. The Morgan fingerprint density at radius 1 is 1.53 bits per heavy atom. The van der Waals surface area contributed by atoms with Crippen LogP contribution in [0.2, 0.25) is 5.15 Å². The Morgan fingerprint density at radius 2 is 2.33 bits per heavy atom. The van der Waals surface area contributed by atoms with E-state index in [2.05, 4.69) is 21.9 Å². The van der Waals surface area contributed by atoms with E-state index in [1.54, 1.807) is 6.20 Å². The number of likely N-dealkylation sites (N-methyl/N-ethyl adjacent to an activating group) is 1. The number of aromatic nitrogens is 2. The number of hydrogen-bond donors (Lipinski definition) is 0. The Hall–Kier alpha value is -0.870. The largest absolute Gasteiger partial charge is 0.475 e. The summed E-state index contributed by atoms with van der Waals surface area (Å²) in [6.07, 6.45) is 5.69. The van der Waals surface area contributed by atoms with Gasteiger partial charge in [-0.05, 0) is 19.9 Å². The van der Waals surface area contributed by atoms with Crippen molar-refractivity contribution in [1.29, 1.82) is 0 Å². The molecule has 0 unspecified atom stereocenters.